The Morgan fingerprint density at radius 3 is 2.22 bits per heavy atom. The summed E-state index contributed by atoms with van der Waals surface area (Å²) in [6, 6.07) is 8.01. The summed E-state index contributed by atoms with van der Waals surface area (Å²) in [7, 11) is 0. The van der Waals surface area contributed by atoms with Crippen molar-refractivity contribution in [1.29, 1.82) is 0 Å². The highest BCUT2D eigenvalue weighted by atomic mass is 16.1. The van der Waals surface area contributed by atoms with Crippen molar-refractivity contribution in [1.82, 2.24) is 5.32 Å². The van der Waals surface area contributed by atoms with Gasteiger partial charge in [-0.25, -0.2) is 0 Å². The third-order valence-corrected chi connectivity index (χ3v) is 2.85. The standard InChI is InChI=1S/C15H24N2O/c1-15(2,3)9-8-14(18)17-11-13-6-4-12(10-16)5-7-13/h4-7H,8-11,16H2,1-3H3,(H,17,18). The van der Waals surface area contributed by atoms with Crippen LogP contribution in [-0.4, -0.2) is 5.91 Å². The minimum atomic E-state index is 0.118. The second kappa shape index (κ2) is 6.55. The fourth-order valence-electron chi connectivity index (χ4n) is 1.57. The highest BCUT2D eigenvalue weighted by Gasteiger charge is 2.12. The molecule has 100 valence electrons. The van der Waals surface area contributed by atoms with Gasteiger partial charge in [-0.05, 0) is 23.0 Å². The lowest BCUT2D eigenvalue weighted by Crippen LogP contribution is -2.24. The van der Waals surface area contributed by atoms with Crippen LogP contribution in [0.25, 0.3) is 0 Å². The molecular formula is C15H24N2O. The largest absolute Gasteiger partial charge is 0.352 e. The Hall–Kier alpha value is -1.35. The van der Waals surface area contributed by atoms with Gasteiger partial charge < -0.3 is 11.1 Å². The van der Waals surface area contributed by atoms with Gasteiger partial charge in [0.15, 0.2) is 0 Å². The van der Waals surface area contributed by atoms with Crippen LogP contribution in [0.2, 0.25) is 0 Å². The van der Waals surface area contributed by atoms with Crippen molar-refractivity contribution in [2.45, 2.75) is 46.7 Å². The molecule has 0 aliphatic carbocycles. The predicted octanol–water partition coefficient (Wildman–Crippen LogP) is 2.59. The number of carbonyl (C=O) groups is 1. The second-order valence-electron chi connectivity index (χ2n) is 5.86. The smallest absolute Gasteiger partial charge is 0.220 e. The van der Waals surface area contributed by atoms with Crippen LogP contribution >= 0.6 is 0 Å². The molecule has 3 heteroatoms. The van der Waals surface area contributed by atoms with Gasteiger partial charge in [-0.3, -0.25) is 4.79 Å². The molecule has 0 heterocycles. The highest BCUT2D eigenvalue weighted by Crippen LogP contribution is 2.20. The Kier molecular flexibility index (Phi) is 5.35. The van der Waals surface area contributed by atoms with E-state index >= 15 is 0 Å². The number of hydrogen-bond donors (Lipinski definition) is 2. The molecule has 0 aromatic heterocycles. The fourth-order valence-corrected chi connectivity index (χ4v) is 1.57. The SMILES string of the molecule is CC(C)(C)CCC(=O)NCc1ccc(CN)cc1. The maximum absolute atomic E-state index is 11.7. The van der Waals surface area contributed by atoms with Gasteiger partial charge in [0.25, 0.3) is 0 Å². The first-order valence-corrected chi connectivity index (χ1v) is 6.45. The van der Waals surface area contributed by atoms with Crippen LogP contribution < -0.4 is 11.1 Å². The number of nitrogens with one attached hydrogen (secondary N) is 1. The number of hydrogen-bond acceptors (Lipinski definition) is 2. The van der Waals surface area contributed by atoms with E-state index in [4.69, 9.17) is 5.73 Å². The van der Waals surface area contributed by atoms with Crippen molar-refractivity contribution in [2.24, 2.45) is 11.1 Å². The molecule has 18 heavy (non-hydrogen) atoms. The molecule has 0 atom stereocenters. The molecule has 1 aromatic carbocycles. The van der Waals surface area contributed by atoms with Crippen molar-refractivity contribution < 1.29 is 4.79 Å². The van der Waals surface area contributed by atoms with Crippen molar-refractivity contribution in [2.75, 3.05) is 0 Å². The zero-order valence-corrected chi connectivity index (χ0v) is 11.6. The number of rotatable bonds is 5. The average molecular weight is 248 g/mol. The molecular weight excluding hydrogens is 224 g/mol. The molecule has 0 saturated heterocycles. The van der Waals surface area contributed by atoms with E-state index in [0.29, 0.717) is 19.5 Å². The number of benzene rings is 1. The molecule has 0 radical (unpaired) electrons. The number of nitrogens with two attached hydrogens (primary N) is 1. The molecule has 0 bridgehead atoms. The van der Waals surface area contributed by atoms with Crippen LogP contribution in [0, 0.1) is 5.41 Å². The third kappa shape index (κ3) is 5.82. The Bertz CT molecular complexity index is 376. The van der Waals surface area contributed by atoms with E-state index < -0.39 is 0 Å². The Morgan fingerprint density at radius 2 is 1.72 bits per heavy atom. The Balaban J connectivity index is 2.33. The second-order valence-corrected chi connectivity index (χ2v) is 5.86. The summed E-state index contributed by atoms with van der Waals surface area (Å²) in [5.41, 5.74) is 7.96. The maximum atomic E-state index is 11.7. The van der Waals surface area contributed by atoms with E-state index in [0.717, 1.165) is 17.5 Å². The first-order valence-electron chi connectivity index (χ1n) is 6.45. The van der Waals surface area contributed by atoms with Crippen LogP contribution in [0.1, 0.15) is 44.7 Å². The molecule has 0 saturated carbocycles. The summed E-state index contributed by atoms with van der Waals surface area (Å²) in [5.74, 6) is 0.118. The van der Waals surface area contributed by atoms with Gasteiger partial charge in [-0.1, -0.05) is 45.0 Å². The Morgan fingerprint density at radius 1 is 1.17 bits per heavy atom. The summed E-state index contributed by atoms with van der Waals surface area (Å²) in [6.07, 6.45) is 1.50. The molecule has 0 aliphatic rings. The fraction of sp³-hybridized carbons (Fsp3) is 0.533. The van der Waals surface area contributed by atoms with Crippen molar-refractivity contribution >= 4 is 5.91 Å². The van der Waals surface area contributed by atoms with Crippen LogP contribution in [0.5, 0.6) is 0 Å². The van der Waals surface area contributed by atoms with Gasteiger partial charge in [0.2, 0.25) is 5.91 Å². The molecule has 1 aromatic rings. The lowest BCUT2D eigenvalue weighted by molar-refractivity contribution is -0.121. The van der Waals surface area contributed by atoms with Crippen molar-refractivity contribution in [3.05, 3.63) is 35.4 Å². The quantitative estimate of drug-likeness (QED) is 0.841. The average Bonchev–Trinajstić information content (AvgIpc) is 2.33. The minimum Gasteiger partial charge on any atom is -0.352 e. The van der Waals surface area contributed by atoms with E-state index in [1.54, 1.807) is 0 Å². The third-order valence-electron chi connectivity index (χ3n) is 2.85. The highest BCUT2D eigenvalue weighted by molar-refractivity contribution is 5.75. The lowest BCUT2D eigenvalue weighted by Gasteiger charge is -2.17. The first kappa shape index (κ1) is 14.7. The summed E-state index contributed by atoms with van der Waals surface area (Å²) in [5, 5.41) is 2.94. The summed E-state index contributed by atoms with van der Waals surface area (Å²) < 4.78 is 0. The zero-order valence-electron chi connectivity index (χ0n) is 11.6. The monoisotopic (exact) mass is 248 g/mol. The molecule has 0 aliphatic heterocycles. The molecule has 0 unspecified atom stereocenters. The van der Waals surface area contributed by atoms with E-state index in [2.05, 4.69) is 26.1 Å². The van der Waals surface area contributed by atoms with Crippen LogP contribution in [0.15, 0.2) is 24.3 Å². The van der Waals surface area contributed by atoms with Gasteiger partial charge in [0.1, 0.15) is 0 Å². The normalized spacial score (nSPS) is 11.3. The van der Waals surface area contributed by atoms with Crippen LogP contribution in [0.3, 0.4) is 0 Å². The topological polar surface area (TPSA) is 55.1 Å². The summed E-state index contributed by atoms with van der Waals surface area (Å²) in [6.45, 7) is 7.58. The van der Waals surface area contributed by atoms with Gasteiger partial charge in [-0.2, -0.15) is 0 Å². The summed E-state index contributed by atoms with van der Waals surface area (Å²) >= 11 is 0. The molecule has 0 spiro atoms. The molecule has 1 rings (SSSR count). The summed E-state index contributed by atoms with van der Waals surface area (Å²) in [4.78, 5) is 11.7. The van der Waals surface area contributed by atoms with Crippen molar-refractivity contribution in [3.63, 3.8) is 0 Å². The molecule has 0 fully saturated rings. The maximum Gasteiger partial charge on any atom is 0.220 e. The van der Waals surface area contributed by atoms with Crippen LogP contribution in [-0.2, 0) is 17.9 Å². The molecule has 1 amide bonds. The van der Waals surface area contributed by atoms with Crippen LogP contribution in [0.4, 0.5) is 0 Å². The van der Waals surface area contributed by atoms with Gasteiger partial charge in [0.05, 0.1) is 0 Å². The molecule has 3 nitrogen and oxygen atoms in total. The lowest BCUT2D eigenvalue weighted by atomic mass is 9.90. The predicted molar refractivity (Wildman–Crippen MR) is 74.9 cm³/mol. The first-order chi connectivity index (χ1) is 8.40. The number of amides is 1. The van der Waals surface area contributed by atoms with Gasteiger partial charge in [0, 0.05) is 19.5 Å². The Labute approximate surface area is 110 Å². The van der Waals surface area contributed by atoms with E-state index in [-0.39, 0.29) is 11.3 Å². The van der Waals surface area contributed by atoms with E-state index in [1.807, 2.05) is 24.3 Å². The minimum absolute atomic E-state index is 0.118. The van der Waals surface area contributed by atoms with Gasteiger partial charge in [-0.15, -0.1) is 0 Å². The zero-order chi connectivity index (χ0) is 13.6. The van der Waals surface area contributed by atoms with E-state index in [1.165, 1.54) is 0 Å². The number of carbonyl (C=O) groups excluding carboxylic acids is 1. The molecule has 3 N–H and O–H groups in total. The van der Waals surface area contributed by atoms with E-state index in [9.17, 15) is 4.79 Å². The van der Waals surface area contributed by atoms with Gasteiger partial charge >= 0.3 is 0 Å². The van der Waals surface area contributed by atoms with Crippen molar-refractivity contribution in [3.8, 4) is 0 Å².